The van der Waals surface area contributed by atoms with Crippen LogP contribution in [0, 0.1) is 5.92 Å². The second-order valence-electron chi connectivity index (χ2n) is 3.97. The van der Waals surface area contributed by atoms with E-state index in [1.165, 1.54) is 0 Å². The summed E-state index contributed by atoms with van der Waals surface area (Å²) in [5.41, 5.74) is 0.799. The van der Waals surface area contributed by atoms with Gasteiger partial charge in [0.1, 0.15) is 0 Å². The Bertz CT molecular complexity index is 570. The lowest BCUT2D eigenvalue weighted by Crippen LogP contribution is -2.08. The Balaban J connectivity index is 2.02. The minimum atomic E-state index is -0.0807. The SMILES string of the molecule is O=C(c1ncc2ccccc2n1)C1CC1Cl. The largest absolute Gasteiger partial charge is 0.290 e. The van der Waals surface area contributed by atoms with Gasteiger partial charge in [0.05, 0.1) is 5.52 Å². The van der Waals surface area contributed by atoms with Gasteiger partial charge in [-0.25, -0.2) is 9.97 Å². The van der Waals surface area contributed by atoms with Crippen molar-refractivity contribution in [3.63, 3.8) is 0 Å². The van der Waals surface area contributed by atoms with E-state index in [1.54, 1.807) is 6.20 Å². The first-order chi connectivity index (χ1) is 7.75. The summed E-state index contributed by atoms with van der Waals surface area (Å²) in [5.74, 6) is 0.167. The highest BCUT2D eigenvalue weighted by Gasteiger charge is 2.42. The Morgan fingerprint density at radius 1 is 1.38 bits per heavy atom. The minimum absolute atomic E-state index is 0.0254. The molecule has 16 heavy (non-hydrogen) atoms. The third-order valence-electron chi connectivity index (χ3n) is 2.76. The fourth-order valence-electron chi connectivity index (χ4n) is 1.69. The van der Waals surface area contributed by atoms with E-state index in [0.29, 0.717) is 0 Å². The van der Waals surface area contributed by atoms with Crippen molar-refractivity contribution in [2.24, 2.45) is 5.92 Å². The second-order valence-corrected chi connectivity index (χ2v) is 4.54. The van der Waals surface area contributed by atoms with Crippen LogP contribution in [0.15, 0.2) is 30.5 Å². The van der Waals surface area contributed by atoms with Crippen molar-refractivity contribution in [2.45, 2.75) is 11.8 Å². The number of Topliss-reactive ketones (excluding diaryl/α,β-unsaturated/α-hetero) is 1. The van der Waals surface area contributed by atoms with Crippen molar-refractivity contribution in [1.82, 2.24) is 9.97 Å². The maximum atomic E-state index is 11.9. The van der Waals surface area contributed by atoms with Gasteiger partial charge in [-0.2, -0.15) is 0 Å². The van der Waals surface area contributed by atoms with Gasteiger partial charge < -0.3 is 0 Å². The summed E-state index contributed by atoms with van der Waals surface area (Å²) < 4.78 is 0. The normalized spacial score (nSPS) is 23.3. The number of para-hydroxylation sites is 1. The molecule has 1 aliphatic rings. The highest BCUT2D eigenvalue weighted by molar-refractivity contribution is 6.25. The number of hydrogen-bond acceptors (Lipinski definition) is 3. The van der Waals surface area contributed by atoms with Crippen molar-refractivity contribution < 1.29 is 4.79 Å². The van der Waals surface area contributed by atoms with Gasteiger partial charge in [0.15, 0.2) is 5.82 Å². The molecule has 0 aliphatic heterocycles. The second kappa shape index (κ2) is 3.52. The summed E-state index contributed by atoms with van der Waals surface area (Å²) in [4.78, 5) is 20.2. The standard InChI is InChI=1S/C12H9ClN2O/c13-9-5-8(9)11(16)12-14-6-7-3-1-2-4-10(7)15-12/h1-4,6,8-9H,5H2. The summed E-state index contributed by atoms with van der Waals surface area (Å²) in [6, 6.07) is 7.61. The van der Waals surface area contributed by atoms with Crippen LogP contribution in [0.1, 0.15) is 17.0 Å². The van der Waals surface area contributed by atoms with Gasteiger partial charge >= 0.3 is 0 Å². The molecule has 1 aliphatic carbocycles. The van der Waals surface area contributed by atoms with E-state index in [-0.39, 0.29) is 22.9 Å². The predicted octanol–water partition coefficient (Wildman–Crippen LogP) is 2.44. The molecule has 3 nitrogen and oxygen atoms in total. The number of carbonyl (C=O) groups is 1. The molecule has 0 bridgehead atoms. The summed E-state index contributed by atoms with van der Waals surface area (Å²) >= 11 is 5.84. The zero-order chi connectivity index (χ0) is 11.1. The Hall–Kier alpha value is -1.48. The van der Waals surface area contributed by atoms with Gasteiger partial charge in [0.25, 0.3) is 0 Å². The molecule has 0 amide bonds. The van der Waals surface area contributed by atoms with Crippen LogP contribution in [0.25, 0.3) is 10.9 Å². The number of alkyl halides is 1. The summed E-state index contributed by atoms with van der Waals surface area (Å²) in [6.07, 6.45) is 2.43. The first-order valence-corrected chi connectivity index (χ1v) is 5.59. The van der Waals surface area contributed by atoms with E-state index in [1.807, 2.05) is 24.3 Å². The highest BCUT2D eigenvalue weighted by Crippen LogP contribution is 2.38. The number of benzene rings is 1. The Morgan fingerprint density at radius 3 is 2.88 bits per heavy atom. The molecule has 1 aromatic carbocycles. The fraction of sp³-hybridized carbons (Fsp3) is 0.250. The van der Waals surface area contributed by atoms with Crippen molar-refractivity contribution in [1.29, 1.82) is 0 Å². The number of halogens is 1. The molecule has 0 N–H and O–H groups in total. The molecular formula is C12H9ClN2O. The summed E-state index contributed by atoms with van der Waals surface area (Å²) in [6.45, 7) is 0. The van der Waals surface area contributed by atoms with Gasteiger partial charge in [-0.05, 0) is 12.5 Å². The van der Waals surface area contributed by atoms with Crippen LogP contribution in [0.5, 0.6) is 0 Å². The van der Waals surface area contributed by atoms with Gasteiger partial charge in [0, 0.05) is 22.9 Å². The molecule has 0 radical (unpaired) electrons. The number of hydrogen-bond donors (Lipinski definition) is 0. The van der Waals surface area contributed by atoms with E-state index >= 15 is 0 Å². The molecule has 80 valence electrons. The monoisotopic (exact) mass is 232 g/mol. The van der Waals surface area contributed by atoms with E-state index in [0.717, 1.165) is 17.3 Å². The van der Waals surface area contributed by atoms with Crippen LogP contribution in [-0.2, 0) is 0 Å². The van der Waals surface area contributed by atoms with Gasteiger partial charge in [-0.1, -0.05) is 18.2 Å². The number of nitrogens with zero attached hydrogens (tertiary/aromatic N) is 2. The average molecular weight is 233 g/mol. The molecule has 0 spiro atoms. The Kier molecular flexibility index (Phi) is 2.14. The van der Waals surface area contributed by atoms with Crippen LogP contribution in [-0.4, -0.2) is 21.1 Å². The van der Waals surface area contributed by atoms with Crippen LogP contribution in [0.2, 0.25) is 0 Å². The zero-order valence-electron chi connectivity index (χ0n) is 8.43. The van der Waals surface area contributed by atoms with Crippen molar-refractivity contribution in [3.8, 4) is 0 Å². The van der Waals surface area contributed by atoms with Gasteiger partial charge in [0.2, 0.25) is 5.78 Å². The molecule has 1 aromatic heterocycles. The molecule has 1 saturated carbocycles. The number of rotatable bonds is 2. The first kappa shape index (κ1) is 9.73. The molecule has 3 rings (SSSR count). The molecule has 2 atom stereocenters. The first-order valence-electron chi connectivity index (χ1n) is 5.16. The van der Waals surface area contributed by atoms with Crippen molar-refractivity contribution >= 4 is 28.3 Å². The number of fused-ring (bicyclic) bond motifs is 1. The van der Waals surface area contributed by atoms with E-state index in [2.05, 4.69) is 9.97 Å². The minimum Gasteiger partial charge on any atom is -0.290 e. The average Bonchev–Trinajstić information content (AvgIpc) is 3.05. The quantitative estimate of drug-likeness (QED) is 0.590. The van der Waals surface area contributed by atoms with Crippen LogP contribution < -0.4 is 0 Å². The van der Waals surface area contributed by atoms with Crippen LogP contribution in [0.3, 0.4) is 0 Å². The fourth-order valence-corrected chi connectivity index (χ4v) is 2.00. The van der Waals surface area contributed by atoms with Crippen LogP contribution in [0.4, 0.5) is 0 Å². The molecule has 0 saturated heterocycles. The number of ketones is 1. The summed E-state index contributed by atoms with van der Waals surface area (Å²) in [5, 5.41) is 0.917. The van der Waals surface area contributed by atoms with Crippen molar-refractivity contribution in [3.05, 3.63) is 36.3 Å². The maximum Gasteiger partial charge on any atom is 0.204 e. The summed E-state index contributed by atoms with van der Waals surface area (Å²) in [7, 11) is 0. The third kappa shape index (κ3) is 1.57. The topological polar surface area (TPSA) is 42.9 Å². The molecular weight excluding hydrogens is 224 g/mol. The maximum absolute atomic E-state index is 11.9. The van der Waals surface area contributed by atoms with Crippen LogP contribution >= 0.6 is 11.6 Å². The predicted molar refractivity (Wildman–Crippen MR) is 61.6 cm³/mol. The van der Waals surface area contributed by atoms with Crippen molar-refractivity contribution in [2.75, 3.05) is 0 Å². The Morgan fingerprint density at radius 2 is 2.12 bits per heavy atom. The number of aromatic nitrogens is 2. The smallest absolute Gasteiger partial charge is 0.204 e. The lowest BCUT2D eigenvalue weighted by atomic mass is 10.2. The molecule has 2 unspecified atom stereocenters. The van der Waals surface area contributed by atoms with E-state index in [9.17, 15) is 4.79 Å². The lowest BCUT2D eigenvalue weighted by Gasteiger charge is -1.99. The molecule has 1 heterocycles. The Labute approximate surface area is 97.5 Å². The van der Waals surface area contributed by atoms with Gasteiger partial charge in [-0.3, -0.25) is 4.79 Å². The molecule has 1 fully saturated rings. The lowest BCUT2D eigenvalue weighted by molar-refractivity contribution is 0.0958. The van der Waals surface area contributed by atoms with E-state index in [4.69, 9.17) is 11.6 Å². The third-order valence-corrected chi connectivity index (χ3v) is 3.24. The zero-order valence-corrected chi connectivity index (χ0v) is 9.19. The highest BCUT2D eigenvalue weighted by atomic mass is 35.5. The van der Waals surface area contributed by atoms with E-state index < -0.39 is 0 Å². The number of carbonyl (C=O) groups excluding carboxylic acids is 1. The molecule has 4 heteroatoms. The molecule has 2 aromatic rings. The van der Waals surface area contributed by atoms with Gasteiger partial charge in [-0.15, -0.1) is 11.6 Å².